The van der Waals surface area contributed by atoms with E-state index >= 15 is 0 Å². The summed E-state index contributed by atoms with van der Waals surface area (Å²) in [5, 5.41) is 19.2. The first kappa shape index (κ1) is 24.0. The quantitative estimate of drug-likeness (QED) is 0.321. The Kier molecular flexibility index (Phi) is 6.62. The maximum atomic E-state index is 12.6. The molecule has 13 heteroatoms. The van der Waals surface area contributed by atoms with Crippen LogP contribution in [0.15, 0.2) is 68.0 Å². The summed E-state index contributed by atoms with van der Waals surface area (Å²) in [5.74, 6) is -0.571. The van der Waals surface area contributed by atoms with Crippen LogP contribution < -0.4 is 16.0 Å². The van der Waals surface area contributed by atoms with Crippen molar-refractivity contribution in [1.82, 2.24) is 19.7 Å². The summed E-state index contributed by atoms with van der Waals surface area (Å²) in [6.45, 7) is 3.77. The molecule has 0 atom stereocenters. The number of hydrogen-bond acceptors (Lipinski definition) is 9. The minimum Gasteiger partial charge on any atom is -0.493 e. The highest BCUT2D eigenvalue weighted by molar-refractivity contribution is 7.93. The summed E-state index contributed by atoms with van der Waals surface area (Å²) < 4.78 is 28.5. The second kappa shape index (κ2) is 9.64. The van der Waals surface area contributed by atoms with Gasteiger partial charge < -0.3 is 5.11 Å². The fraction of sp³-hybridized carbons (Fsp3) is 0.136. The number of H-pyrrole nitrogens is 1. The number of nitrogens with one attached hydrogen (secondary N) is 2. The molecule has 0 saturated carbocycles. The fourth-order valence-corrected chi connectivity index (χ4v) is 4.96. The van der Waals surface area contributed by atoms with Crippen molar-refractivity contribution in [2.45, 2.75) is 25.2 Å². The maximum Gasteiger partial charge on any atom is 0.335 e. The molecule has 180 valence electrons. The van der Waals surface area contributed by atoms with Crippen molar-refractivity contribution in [3.63, 3.8) is 0 Å². The van der Waals surface area contributed by atoms with E-state index in [2.05, 4.69) is 24.9 Å². The molecule has 0 aliphatic rings. The third-order valence-corrected chi connectivity index (χ3v) is 7.36. The van der Waals surface area contributed by atoms with Gasteiger partial charge in [0.1, 0.15) is 10.6 Å². The third-order valence-electron chi connectivity index (χ3n) is 4.89. The molecule has 4 rings (SSSR count). The van der Waals surface area contributed by atoms with Crippen LogP contribution in [-0.2, 0) is 16.4 Å². The van der Waals surface area contributed by atoms with Gasteiger partial charge in [-0.2, -0.15) is 0 Å². The van der Waals surface area contributed by atoms with Gasteiger partial charge in [0.25, 0.3) is 15.6 Å². The molecule has 2 aromatic carbocycles. The predicted molar refractivity (Wildman–Crippen MR) is 133 cm³/mol. The van der Waals surface area contributed by atoms with E-state index in [1.54, 1.807) is 24.3 Å². The summed E-state index contributed by atoms with van der Waals surface area (Å²) in [6.07, 6.45) is 1.75. The summed E-state index contributed by atoms with van der Waals surface area (Å²) in [5.41, 5.74) is -0.190. The standard InChI is InChI=1S/C22H20N6O5S2/c1-3-18-25-26-21(34-18)27-35(32,33)16-10-6-14(7-11-16)23-12-17-19(29)24-22(31)28(20(17)30)15-8-4-13(2)5-9-15/h4-12,30H,3H2,1-2H3,(H,26,27)(H,24,29,31). The zero-order chi connectivity index (χ0) is 25.2. The van der Waals surface area contributed by atoms with Crippen LogP contribution in [0, 0.1) is 6.92 Å². The van der Waals surface area contributed by atoms with Crippen LogP contribution in [0.1, 0.15) is 23.1 Å². The monoisotopic (exact) mass is 512 g/mol. The Morgan fingerprint density at radius 3 is 2.43 bits per heavy atom. The Bertz CT molecular complexity index is 1620. The van der Waals surface area contributed by atoms with Gasteiger partial charge in [0, 0.05) is 6.21 Å². The molecule has 0 amide bonds. The molecule has 35 heavy (non-hydrogen) atoms. The molecule has 0 fully saturated rings. The van der Waals surface area contributed by atoms with Crippen LogP contribution in [0.5, 0.6) is 5.88 Å². The lowest BCUT2D eigenvalue weighted by Crippen LogP contribution is -2.31. The van der Waals surface area contributed by atoms with Gasteiger partial charge in [-0.3, -0.25) is 19.5 Å². The van der Waals surface area contributed by atoms with Crippen LogP contribution in [-0.4, -0.2) is 39.5 Å². The molecule has 0 spiro atoms. The van der Waals surface area contributed by atoms with Crippen molar-refractivity contribution in [3.8, 4) is 11.6 Å². The number of benzene rings is 2. The fourth-order valence-electron chi connectivity index (χ4n) is 3.05. The number of nitrogens with zero attached hydrogens (tertiary/aromatic N) is 4. The average Bonchev–Trinajstić information content (AvgIpc) is 3.27. The minimum atomic E-state index is -3.88. The normalized spacial score (nSPS) is 11.7. The molecule has 0 aliphatic carbocycles. The lowest BCUT2D eigenvalue weighted by molar-refractivity contribution is 0.430. The molecule has 0 radical (unpaired) electrons. The Labute approximate surface area is 203 Å². The van der Waals surface area contributed by atoms with Crippen molar-refractivity contribution in [2.75, 3.05) is 4.72 Å². The van der Waals surface area contributed by atoms with Gasteiger partial charge in [-0.1, -0.05) is 36.0 Å². The van der Waals surface area contributed by atoms with E-state index in [9.17, 15) is 23.1 Å². The number of hydrogen-bond donors (Lipinski definition) is 3. The van der Waals surface area contributed by atoms with Crippen LogP contribution >= 0.6 is 11.3 Å². The third kappa shape index (κ3) is 5.20. The number of anilines is 1. The number of aromatic hydroxyl groups is 1. The average molecular weight is 513 g/mol. The van der Waals surface area contributed by atoms with Crippen molar-refractivity contribution in [2.24, 2.45) is 4.99 Å². The Morgan fingerprint density at radius 2 is 1.80 bits per heavy atom. The van der Waals surface area contributed by atoms with Crippen molar-refractivity contribution in [3.05, 3.63) is 85.5 Å². The highest BCUT2D eigenvalue weighted by Crippen LogP contribution is 2.22. The van der Waals surface area contributed by atoms with Gasteiger partial charge in [-0.25, -0.2) is 17.8 Å². The molecular weight excluding hydrogens is 492 g/mol. The van der Waals surface area contributed by atoms with Crippen molar-refractivity contribution >= 4 is 38.4 Å². The summed E-state index contributed by atoms with van der Waals surface area (Å²) in [7, 11) is -3.88. The zero-order valence-corrected chi connectivity index (χ0v) is 20.2. The van der Waals surface area contributed by atoms with Crippen LogP contribution in [0.4, 0.5) is 10.8 Å². The van der Waals surface area contributed by atoms with E-state index in [4.69, 9.17) is 0 Å². The minimum absolute atomic E-state index is 0.0155. The summed E-state index contributed by atoms with van der Waals surface area (Å²) >= 11 is 1.15. The molecule has 4 aromatic rings. The van der Waals surface area contributed by atoms with E-state index < -0.39 is 27.2 Å². The summed E-state index contributed by atoms with van der Waals surface area (Å²) in [4.78, 5) is 30.9. The smallest absolute Gasteiger partial charge is 0.335 e. The molecule has 0 unspecified atom stereocenters. The van der Waals surface area contributed by atoms with Gasteiger partial charge in [0.05, 0.1) is 16.3 Å². The van der Waals surface area contributed by atoms with Gasteiger partial charge in [-0.15, -0.1) is 10.2 Å². The van der Waals surface area contributed by atoms with Gasteiger partial charge in [0.15, 0.2) is 0 Å². The van der Waals surface area contributed by atoms with E-state index in [1.165, 1.54) is 24.3 Å². The number of rotatable bonds is 7. The second-order valence-electron chi connectivity index (χ2n) is 7.38. The van der Waals surface area contributed by atoms with Crippen LogP contribution in [0.2, 0.25) is 0 Å². The lowest BCUT2D eigenvalue weighted by Gasteiger charge is -2.09. The second-order valence-corrected chi connectivity index (χ2v) is 10.1. The van der Waals surface area contributed by atoms with Gasteiger partial charge >= 0.3 is 5.69 Å². The number of sulfonamides is 1. The van der Waals surface area contributed by atoms with Crippen molar-refractivity contribution < 1.29 is 13.5 Å². The van der Waals surface area contributed by atoms with E-state index in [1.807, 2.05) is 13.8 Å². The van der Waals surface area contributed by atoms with Crippen LogP contribution in [0.25, 0.3) is 5.69 Å². The number of aliphatic imine (C=N–C) groups is 1. The highest BCUT2D eigenvalue weighted by atomic mass is 32.2. The maximum absolute atomic E-state index is 12.6. The zero-order valence-electron chi connectivity index (χ0n) is 18.6. The first-order valence-corrected chi connectivity index (χ1v) is 12.6. The van der Waals surface area contributed by atoms with Crippen LogP contribution in [0.3, 0.4) is 0 Å². The lowest BCUT2D eigenvalue weighted by atomic mass is 10.2. The topological polar surface area (TPSA) is 159 Å². The molecule has 0 aliphatic heterocycles. The Balaban J connectivity index is 1.60. The first-order chi connectivity index (χ1) is 16.7. The van der Waals surface area contributed by atoms with Crippen molar-refractivity contribution in [1.29, 1.82) is 0 Å². The first-order valence-electron chi connectivity index (χ1n) is 10.3. The van der Waals surface area contributed by atoms with E-state index in [-0.39, 0.29) is 15.6 Å². The van der Waals surface area contributed by atoms with Gasteiger partial charge in [-0.05, 0) is 49.7 Å². The van der Waals surface area contributed by atoms with E-state index in [0.717, 1.165) is 27.7 Å². The molecule has 2 heterocycles. The largest absolute Gasteiger partial charge is 0.493 e. The molecule has 0 bridgehead atoms. The Morgan fingerprint density at radius 1 is 1.11 bits per heavy atom. The Hall–Kier alpha value is -4.10. The summed E-state index contributed by atoms with van der Waals surface area (Å²) in [6, 6.07) is 12.3. The number of aryl methyl sites for hydroxylation is 2. The molecule has 2 aromatic heterocycles. The highest BCUT2D eigenvalue weighted by Gasteiger charge is 2.17. The van der Waals surface area contributed by atoms with E-state index in [0.29, 0.717) is 22.8 Å². The van der Waals surface area contributed by atoms with Gasteiger partial charge in [0.2, 0.25) is 11.0 Å². The molecular formula is C22H20N6O5S2. The predicted octanol–water partition coefficient (Wildman–Crippen LogP) is 2.51. The SMILES string of the molecule is CCc1nnc(NS(=O)(=O)c2ccc(N=Cc3c(O)n(-c4ccc(C)cc4)c(=O)[nH]c3=O)cc2)s1. The molecule has 3 N–H and O–H groups in total. The molecule has 0 saturated heterocycles. The molecule has 11 nitrogen and oxygen atoms in total. The number of aromatic amines is 1. The number of aromatic nitrogens is 4.